The number of unbranched alkanes of at least 4 members (excludes halogenated alkanes) is 5. The summed E-state index contributed by atoms with van der Waals surface area (Å²) in [5, 5.41) is 11.4. The summed E-state index contributed by atoms with van der Waals surface area (Å²) >= 11 is 0. The molecule has 0 unspecified atom stereocenters. The number of benzene rings is 4. The molecule has 0 fully saturated rings. The third-order valence-electron chi connectivity index (χ3n) is 12.4. The summed E-state index contributed by atoms with van der Waals surface area (Å²) in [7, 11) is 0. The Bertz CT molecular complexity index is 2360. The Kier molecular flexibility index (Phi) is 18.0. The molecule has 1 amide bonds. The van der Waals surface area contributed by atoms with Gasteiger partial charge in [0, 0.05) is 65.5 Å². The van der Waals surface area contributed by atoms with Crippen molar-refractivity contribution in [3.8, 4) is 0 Å². The number of nitrogens with zero attached hydrogens (tertiary/aromatic N) is 5. The number of ether oxygens (including phenoxy) is 4. The highest BCUT2D eigenvalue weighted by Crippen LogP contribution is 2.51. The van der Waals surface area contributed by atoms with Crippen molar-refractivity contribution in [1.29, 1.82) is 0 Å². The highest BCUT2D eigenvalue weighted by atomic mass is 16.6. The number of nitrogens with one attached hydrogen (secondary N) is 1. The average Bonchev–Trinajstić information content (AvgIpc) is 3.65. The molecular weight excluding hydrogens is 801 g/mol. The summed E-state index contributed by atoms with van der Waals surface area (Å²) in [5.74, 6) is 0. The maximum absolute atomic E-state index is 12.2. The molecule has 11 nitrogen and oxygen atoms in total. The molecule has 0 radical (unpaired) electrons. The van der Waals surface area contributed by atoms with E-state index in [-0.39, 0.29) is 10.8 Å². The smallest absolute Gasteiger partial charge is 0.407 e. The Morgan fingerprint density at radius 3 is 2.14 bits per heavy atom. The lowest BCUT2D eigenvalue weighted by atomic mass is 9.79. The van der Waals surface area contributed by atoms with Gasteiger partial charge in [-0.15, -0.1) is 0 Å². The third-order valence-corrected chi connectivity index (χ3v) is 12.4. The predicted octanol–water partition coefficient (Wildman–Crippen LogP) is 12.0. The van der Waals surface area contributed by atoms with Gasteiger partial charge in [0.2, 0.25) is 5.69 Å². The molecule has 2 aliphatic rings. The van der Waals surface area contributed by atoms with Crippen LogP contribution in [0, 0.1) is 0 Å². The first kappa shape index (κ1) is 48.0. The first-order chi connectivity index (χ1) is 31.2. The Labute approximate surface area is 380 Å². The minimum Gasteiger partial charge on any atom is -0.450 e. The van der Waals surface area contributed by atoms with Gasteiger partial charge in [-0.25, -0.2) is 4.79 Å². The van der Waals surface area contributed by atoms with Crippen LogP contribution in [-0.4, -0.2) is 88.8 Å². The van der Waals surface area contributed by atoms with Crippen LogP contribution in [0.25, 0.3) is 32.0 Å². The van der Waals surface area contributed by atoms with Crippen molar-refractivity contribution < 1.29 is 28.3 Å². The lowest BCUT2D eigenvalue weighted by molar-refractivity contribution is -0.438. The average molecular weight is 870 g/mol. The van der Waals surface area contributed by atoms with Gasteiger partial charge in [0.05, 0.1) is 51.7 Å². The number of hydrogen-bond donors (Lipinski definition) is 1. The standard InChI is InChI=1S/C53H68N6O5/c1-6-7-17-32-58-45-28-26-41-20-13-15-22-43(41)49(45)52(2,3)47(58)24-11-10-12-25-48-53(4,5)50-44-23-16-14-21-42(44)27-29-46(50)59(48)33-18-8-9-19-34-64-51(60)55-30-35-61-37-39-63-40-38-62-36-31-56-57-54/h10-16,20-29H,6-9,17-19,30-40H2,1-5H3/p+1. The lowest BCUT2D eigenvalue weighted by Gasteiger charge is -2.27. The molecule has 0 atom stereocenters. The maximum Gasteiger partial charge on any atom is 0.407 e. The summed E-state index contributed by atoms with van der Waals surface area (Å²) in [5.41, 5.74) is 16.0. The number of amides is 1. The van der Waals surface area contributed by atoms with Crippen molar-refractivity contribution in [2.24, 2.45) is 5.11 Å². The van der Waals surface area contributed by atoms with Gasteiger partial charge < -0.3 is 29.2 Å². The molecule has 0 spiro atoms. The number of alkyl carbamates (subject to hydrolysis) is 1. The molecule has 1 N–H and O–H groups in total. The molecule has 6 rings (SSSR count). The number of carbonyl (C=O) groups is 1. The summed E-state index contributed by atoms with van der Waals surface area (Å²) in [6.07, 6.45) is 18.3. The maximum atomic E-state index is 12.2. The molecule has 0 bridgehead atoms. The van der Waals surface area contributed by atoms with Crippen LogP contribution in [0.3, 0.4) is 0 Å². The molecule has 0 aliphatic carbocycles. The van der Waals surface area contributed by atoms with Crippen LogP contribution in [0.5, 0.6) is 0 Å². The Morgan fingerprint density at radius 1 is 0.734 bits per heavy atom. The van der Waals surface area contributed by atoms with Gasteiger partial charge in [-0.05, 0) is 90.4 Å². The van der Waals surface area contributed by atoms with Crippen molar-refractivity contribution in [1.82, 2.24) is 5.32 Å². The Morgan fingerprint density at radius 2 is 1.41 bits per heavy atom. The fraction of sp³-hybridized carbons (Fsp3) is 0.472. The topological polar surface area (TPSA) is 121 Å². The van der Waals surface area contributed by atoms with Gasteiger partial charge in [-0.3, -0.25) is 0 Å². The Balaban J connectivity index is 1.02. The quantitative estimate of drug-likeness (QED) is 0.0167. The number of fused-ring (bicyclic) bond motifs is 6. The van der Waals surface area contributed by atoms with Crippen LogP contribution in [-0.2, 0) is 29.8 Å². The summed E-state index contributed by atoms with van der Waals surface area (Å²) < 4.78 is 24.2. The lowest BCUT2D eigenvalue weighted by Crippen LogP contribution is -2.28. The minimum absolute atomic E-state index is 0.127. The molecule has 340 valence electrons. The second kappa shape index (κ2) is 24.0. The zero-order valence-electron chi connectivity index (χ0n) is 38.8. The van der Waals surface area contributed by atoms with Crippen molar-refractivity contribution in [2.75, 3.05) is 77.3 Å². The number of rotatable bonds is 26. The van der Waals surface area contributed by atoms with E-state index in [9.17, 15) is 4.79 Å². The van der Waals surface area contributed by atoms with Gasteiger partial charge in [-0.2, -0.15) is 4.58 Å². The largest absolute Gasteiger partial charge is 0.450 e. The number of hydrogen-bond acceptors (Lipinski definition) is 7. The van der Waals surface area contributed by atoms with Crippen molar-refractivity contribution in [2.45, 2.75) is 90.4 Å². The second-order valence-corrected chi connectivity index (χ2v) is 17.6. The zero-order valence-corrected chi connectivity index (χ0v) is 38.8. The van der Waals surface area contributed by atoms with Gasteiger partial charge >= 0.3 is 6.09 Å². The van der Waals surface area contributed by atoms with E-state index < -0.39 is 6.09 Å². The van der Waals surface area contributed by atoms with E-state index >= 15 is 0 Å². The summed E-state index contributed by atoms with van der Waals surface area (Å²) in [4.78, 5) is 17.4. The van der Waals surface area contributed by atoms with Crippen molar-refractivity contribution >= 4 is 44.7 Å². The first-order valence-corrected chi connectivity index (χ1v) is 23.4. The zero-order chi connectivity index (χ0) is 45.2. The van der Waals surface area contributed by atoms with E-state index in [2.05, 4.69) is 163 Å². The second-order valence-electron chi connectivity index (χ2n) is 17.6. The molecule has 11 heteroatoms. The van der Waals surface area contributed by atoms with E-state index in [1.165, 1.54) is 74.7 Å². The number of carbonyl (C=O) groups excluding carboxylic acids is 1. The highest BCUT2D eigenvalue weighted by molar-refractivity contribution is 6.07. The van der Waals surface area contributed by atoms with E-state index in [0.717, 1.165) is 38.8 Å². The third kappa shape index (κ3) is 12.0. The predicted molar refractivity (Wildman–Crippen MR) is 261 cm³/mol. The normalized spacial score (nSPS) is 15.8. The van der Waals surface area contributed by atoms with Gasteiger partial charge in [0.25, 0.3) is 0 Å². The number of allylic oxidation sites excluding steroid dienone is 6. The molecule has 2 aliphatic heterocycles. The minimum atomic E-state index is -0.424. The van der Waals surface area contributed by atoms with Crippen molar-refractivity contribution in [3.63, 3.8) is 0 Å². The van der Waals surface area contributed by atoms with Gasteiger partial charge in [-0.1, -0.05) is 112 Å². The van der Waals surface area contributed by atoms with E-state index in [4.69, 9.17) is 24.5 Å². The monoisotopic (exact) mass is 870 g/mol. The molecule has 0 saturated carbocycles. The summed E-state index contributed by atoms with van der Waals surface area (Å²) in [6, 6.07) is 26.7. The molecule has 4 aromatic carbocycles. The molecule has 64 heavy (non-hydrogen) atoms. The first-order valence-electron chi connectivity index (χ1n) is 23.4. The molecular formula is C53H69N6O5+. The fourth-order valence-corrected chi connectivity index (χ4v) is 9.29. The Hall–Kier alpha value is -5.45. The highest BCUT2D eigenvalue weighted by Gasteiger charge is 2.45. The number of anilines is 1. The van der Waals surface area contributed by atoms with E-state index in [1.54, 1.807) is 0 Å². The van der Waals surface area contributed by atoms with Crippen LogP contribution in [0.2, 0.25) is 0 Å². The number of azide groups is 1. The van der Waals surface area contributed by atoms with Gasteiger partial charge in [0.1, 0.15) is 6.54 Å². The molecule has 4 aromatic rings. The van der Waals surface area contributed by atoms with Crippen molar-refractivity contribution in [3.05, 3.63) is 130 Å². The van der Waals surface area contributed by atoms with Crippen LogP contribution in [0.1, 0.15) is 90.7 Å². The summed E-state index contributed by atoms with van der Waals surface area (Å²) in [6.45, 7) is 17.2. The van der Waals surface area contributed by atoms with Gasteiger partial charge in [0.15, 0.2) is 5.71 Å². The SMILES string of the molecule is CCCCC[N+]1=C(/C=C/C=C/C=C2/N(CCCCCCOC(=O)NCCOCCOCCOCCN=[N+]=[N-])c3ccc4ccccc4c3C2(C)C)C(C)(C)c2c1ccc1ccccc21. The van der Waals surface area contributed by atoms with Crippen LogP contribution in [0.4, 0.5) is 16.2 Å². The molecule has 2 heterocycles. The molecule has 0 saturated heterocycles. The van der Waals surface area contributed by atoms with E-state index in [0.29, 0.717) is 59.3 Å². The van der Waals surface area contributed by atoms with Crippen LogP contribution < -0.4 is 10.2 Å². The van der Waals surface area contributed by atoms with E-state index in [1.807, 2.05) is 0 Å². The fourth-order valence-electron chi connectivity index (χ4n) is 9.29. The van der Waals surface area contributed by atoms with Crippen LogP contribution in [0.15, 0.2) is 114 Å². The molecule has 0 aromatic heterocycles. The van der Waals surface area contributed by atoms with Crippen LogP contribution >= 0.6 is 0 Å².